The summed E-state index contributed by atoms with van der Waals surface area (Å²) in [5.74, 6) is -2.14. The molecule has 0 aliphatic rings. The molecule has 1 atom stereocenters. The van der Waals surface area contributed by atoms with Gasteiger partial charge in [0.2, 0.25) is 17.8 Å². The largest absolute Gasteiger partial charge is 0.369 e. The van der Waals surface area contributed by atoms with Gasteiger partial charge < -0.3 is 10.7 Å². The van der Waals surface area contributed by atoms with Crippen molar-refractivity contribution >= 4 is 29.4 Å². The zero-order chi connectivity index (χ0) is 13.8. The maximum absolute atomic E-state index is 12.0. The Bertz CT molecular complexity index is 580. The number of nitrogens with zero attached hydrogens (tertiary/aromatic N) is 1. The van der Waals surface area contributed by atoms with Crippen molar-refractivity contribution in [1.82, 2.24) is 9.97 Å². The quantitative estimate of drug-likeness (QED) is 0.734. The summed E-state index contributed by atoms with van der Waals surface area (Å²) < 4.78 is 0. The second-order valence-corrected chi connectivity index (χ2v) is 4.25. The monoisotopic (exact) mass is 278 g/mol. The molecule has 98 valence electrons. The number of H-pyrrole nitrogens is 1. The number of carbonyl (C=O) groups excluding carboxylic acids is 2. The van der Waals surface area contributed by atoms with E-state index < -0.39 is 17.7 Å². The lowest BCUT2D eigenvalue weighted by Gasteiger charge is -2.12. The van der Waals surface area contributed by atoms with E-state index in [1.165, 1.54) is 6.20 Å². The summed E-state index contributed by atoms with van der Waals surface area (Å²) in [7, 11) is 0. The van der Waals surface area contributed by atoms with Gasteiger partial charge in [0.05, 0.1) is 0 Å². The van der Waals surface area contributed by atoms with Gasteiger partial charge in [-0.1, -0.05) is 23.7 Å². The smallest absolute Gasteiger partial charge is 0.243 e. The number of anilines is 1. The van der Waals surface area contributed by atoms with Crippen molar-refractivity contribution in [1.29, 1.82) is 0 Å². The summed E-state index contributed by atoms with van der Waals surface area (Å²) >= 11 is 5.76. The number of aromatic amines is 1. The van der Waals surface area contributed by atoms with E-state index in [4.69, 9.17) is 17.3 Å². The molecular formula is C12H11ClN4O2. The van der Waals surface area contributed by atoms with Gasteiger partial charge in [-0.2, -0.15) is 0 Å². The third kappa shape index (κ3) is 3.11. The molecule has 6 nitrogen and oxygen atoms in total. The van der Waals surface area contributed by atoms with E-state index in [0.717, 1.165) is 0 Å². The first-order chi connectivity index (χ1) is 9.08. The van der Waals surface area contributed by atoms with Crippen LogP contribution >= 0.6 is 11.6 Å². The van der Waals surface area contributed by atoms with Crippen LogP contribution in [-0.2, 0) is 9.59 Å². The molecule has 19 heavy (non-hydrogen) atoms. The van der Waals surface area contributed by atoms with Crippen LogP contribution in [0.2, 0.25) is 5.02 Å². The molecule has 0 bridgehead atoms. The van der Waals surface area contributed by atoms with Gasteiger partial charge in [0, 0.05) is 17.4 Å². The molecule has 7 heteroatoms. The highest BCUT2D eigenvalue weighted by Crippen LogP contribution is 2.19. The van der Waals surface area contributed by atoms with Crippen LogP contribution < -0.4 is 11.1 Å². The molecule has 2 amide bonds. The average molecular weight is 279 g/mol. The fraction of sp³-hybridized carbons (Fsp3) is 0.0833. The maximum Gasteiger partial charge on any atom is 0.243 e. The summed E-state index contributed by atoms with van der Waals surface area (Å²) in [6.45, 7) is 0. The number of benzene rings is 1. The van der Waals surface area contributed by atoms with E-state index in [1.807, 2.05) is 0 Å². The first-order valence-electron chi connectivity index (χ1n) is 5.43. The highest BCUT2D eigenvalue weighted by molar-refractivity contribution is 6.30. The molecular weight excluding hydrogens is 268 g/mol. The lowest BCUT2D eigenvalue weighted by molar-refractivity contribution is -0.127. The average Bonchev–Trinajstić information content (AvgIpc) is 2.84. The Balaban J connectivity index is 2.22. The highest BCUT2D eigenvalue weighted by Gasteiger charge is 2.26. The minimum atomic E-state index is -1.10. The van der Waals surface area contributed by atoms with E-state index >= 15 is 0 Å². The van der Waals surface area contributed by atoms with Crippen molar-refractivity contribution < 1.29 is 9.59 Å². The Morgan fingerprint density at radius 1 is 1.32 bits per heavy atom. The molecule has 1 aromatic heterocycles. The number of aromatic nitrogens is 2. The number of carbonyl (C=O) groups is 2. The Kier molecular flexibility index (Phi) is 3.82. The lowest BCUT2D eigenvalue weighted by atomic mass is 9.98. The zero-order valence-corrected chi connectivity index (χ0v) is 10.5. The van der Waals surface area contributed by atoms with Gasteiger partial charge in [0.1, 0.15) is 5.92 Å². The van der Waals surface area contributed by atoms with Gasteiger partial charge in [-0.25, -0.2) is 4.98 Å². The second kappa shape index (κ2) is 5.53. The first-order valence-corrected chi connectivity index (χ1v) is 5.81. The Morgan fingerprint density at radius 3 is 2.53 bits per heavy atom. The number of amides is 2. The van der Waals surface area contributed by atoms with Crippen LogP contribution in [-0.4, -0.2) is 21.8 Å². The number of nitrogens with two attached hydrogens (primary N) is 1. The molecule has 0 fully saturated rings. The number of hydrogen-bond donors (Lipinski definition) is 3. The first kappa shape index (κ1) is 13.1. The summed E-state index contributed by atoms with van der Waals surface area (Å²) in [4.78, 5) is 30.0. The van der Waals surface area contributed by atoms with Crippen LogP contribution in [0.5, 0.6) is 0 Å². The standard InChI is InChI=1S/C12H11ClN4O2/c13-8-3-1-7(2-4-8)9(10(14)18)11(19)17-12-15-5-6-16-12/h1-6,9H,(H2,14,18)(H2,15,16,17,19). The molecule has 0 aliphatic carbocycles. The van der Waals surface area contributed by atoms with Crippen LogP contribution in [0.25, 0.3) is 0 Å². The van der Waals surface area contributed by atoms with Crippen LogP contribution in [0, 0.1) is 0 Å². The summed E-state index contributed by atoms with van der Waals surface area (Å²) in [5, 5.41) is 2.99. The summed E-state index contributed by atoms with van der Waals surface area (Å²) in [6, 6.07) is 6.35. The molecule has 4 N–H and O–H groups in total. The Hall–Kier alpha value is -2.34. The molecule has 0 radical (unpaired) electrons. The number of nitrogens with one attached hydrogen (secondary N) is 2. The van der Waals surface area contributed by atoms with E-state index in [2.05, 4.69) is 15.3 Å². The number of imidazole rings is 1. The zero-order valence-electron chi connectivity index (χ0n) is 9.76. The SMILES string of the molecule is NC(=O)C(C(=O)Nc1ncc[nH]1)c1ccc(Cl)cc1. The maximum atomic E-state index is 12.0. The predicted octanol–water partition coefficient (Wildman–Crippen LogP) is 1.27. The predicted molar refractivity (Wildman–Crippen MR) is 70.6 cm³/mol. The second-order valence-electron chi connectivity index (χ2n) is 3.81. The molecule has 2 rings (SSSR count). The van der Waals surface area contributed by atoms with Gasteiger partial charge in [-0.3, -0.25) is 14.9 Å². The number of hydrogen-bond acceptors (Lipinski definition) is 3. The van der Waals surface area contributed by atoms with Crippen LogP contribution in [0.1, 0.15) is 11.5 Å². The van der Waals surface area contributed by atoms with Crippen molar-refractivity contribution in [3.63, 3.8) is 0 Å². The Morgan fingerprint density at radius 2 is 2.00 bits per heavy atom. The number of primary amides is 1. The van der Waals surface area contributed by atoms with Gasteiger partial charge in [-0.05, 0) is 17.7 Å². The van der Waals surface area contributed by atoms with E-state index in [9.17, 15) is 9.59 Å². The van der Waals surface area contributed by atoms with E-state index in [0.29, 0.717) is 10.6 Å². The van der Waals surface area contributed by atoms with Crippen molar-refractivity contribution in [3.05, 3.63) is 47.2 Å². The summed E-state index contributed by atoms with van der Waals surface area (Å²) in [6.07, 6.45) is 3.04. The normalized spacial score (nSPS) is 11.8. The minimum Gasteiger partial charge on any atom is -0.369 e. The van der Waals surface area contributed by atoms with Crippen molar-refractivity contribution in [2.45, 2.75) is 5.92 Å². The van der Waals surface area contributed by atoms with Crippen molar-refractivity contribution in [2.75, 3.05) is 5.32 Å². The van der Waals surface area contributed by atoms with E-state index in [1.54, 1.807) is 30.5 Å². The van der Waals surface area contributed by atoms with Crippen LogP contribution in [0.3, 0.4) is 0 Å². The van der Waals surface area contributed by atoms with E-state index in [-0.39, 0.29) is 5.95 Å². The topological polar surface area (TPSA) is 101 Å². The van der Waals surface area contributed by atoms with Crippen LogP contribution in [0.4, 0.5) is 5.95 Å². The van der Waals surface area contributed by atoms with Crippen LogP contribution in [0.15, 0.2) is 36.7 Å². The molecule has 0 aliphatic heterocycles. The lowest BCUT2D eigenvalue weighted by Crippen LogP contribution is -2.32. The van der Waals surface area contributed by atoms with Crippen molar-refractivity contribution in [2.24, 2.45) is 5.73 Å². The number of rotatable bonds is 4. The van der Waals surface area contributed by atoms with Gasteiger partial charge in [0.15, 0.2) is 0 Å². The van der Waals surface area contributed by atoms with Crippen molar-refractivity contribution in [3.8, 4) is 0 Å². The fourth-order valence-corrected chi connectivity index (χ4v) is 1.75. The molecule has 0 spiro atoms. The van der Waals surface area contributed by atoms with Gasteiger partial charge >= 0.3 is 0 Å². The highest BCUT2D eigenvalue weighted by atomic mass is 35.5. The van der Waals surface area contributed by atoms with Gasteiger partial charge in [0.25, 0.3) is 0 Å². The molecule has 1 unspecified atom stereocenters. The molecule has 0 saturated carbocycles. The minimum absolute atomic E-state index is 0.255. The third-order valence-corrected chi connectivity index (χ3v) is 2.74. The Labute approximate surface area is 114 Å². The number of halogens is 1. The third-order valence-electron chi connectivity index (χ3n) is 2.49. The fourth-order valence-electron chi connectivity index (χ4n) is 1.62. The van der Waals surface area contributed by atoms with Gasteiger partial charge in [-0.15, -0.1) is 0 Å². The molecule has 1 heterocycles. The molecule has 1 aromatic carbocycles. The molecule has 0 saturated heterocycles. The summed E-state index contributed by atoms with van der Waals surface area (Å²) in [5.41, 5.74) is 5.75. The molecule has 2 aromatic rings.